The van der Waals surface area contributed by atoms with Gasteiger partial charge in [0.25, 0.3) is 5.91 Å². The highest BCUT2D eigenvalue weighted by Crippen LogP contribution is 2.40. The van der Waals surface area contributed by atoms with E-state index in [9.17, 15) is 4.79 Å². The van der Waals surface area contributed by atoms with Gasteiger partial charge in [-0.15, -0.1) is 0 Å². The number of primary amides is 1. The number of nitrogens with zero attached hydrogens (tertiary/aromatic N) is 2. The molecule has 1 amide bonds. The first-order valence-corrected chi connectivity index (χ1v) is 11.3. The number of aromatic nitrogens is 1. The first-order chi connectivity index (χ1) is 15.7. The highest BCUT2D eigenvalue weighted by molar-refractivity contribution is 6.10. The number of amides is 1. The Morgan fingerprint density at radius 3 is 2.16 bits per heavy atom. The van der Waals surface area contributed by atoms with Crippen LogP contribution in [0.1, 0.15) is 23.3 Å². The lowest BCUT2D eigenvalue weighted by Gasteiger charge is -2.34. The zero-order valence-corrected chi connectivity index (χ0v) is 17.9. The molecule has 2 saturated heterocycles. The summed E-state index contributed by atoms with van der Waals surface area (Å²) in [6, 6.07) is 27.8. The Bertz CT molecular complexity index is 1280. The van der Waals surface area contributed by atoms with Crippen molar-refractivity contribution >= 4 is 22.5 Å². The molecule has 2 aliphatic heterocycles. The van der Waals surface area contributed by atoms with Gasteiger partial charge >= 0.3 is 0 Å². The van der Waals surface area contributed by atoms with Crippen LogP contribution in [0.15, 0.2) is 78.9 Å². The van der Waals surface area contributed by atoms with Crippen molar-refractivity contribution in [3.05, 3.63) is 84.6 Å². The summed E-state index contributed by atoms with van der Waals surface area (Å²) in [6.45, 7) is 1.79. The fourth-order valence-electron chi connectivity index (χ4n) is 5.45. The second kappa shape index (κ2) is 7.53. The van der Waals surface area contributed by atoms with Crippen molar-refractivity contribution in [2.45, 2.75) is 24.9 Å². The lowest BCUT2D eigenvalue weighted by molar-refractivity contribution is 0.0994. The predicted octanol–water partition coefficient (Wildman–Crippen LogP) is 4.34. The van der Waals surface area contributed by atoms with E-state index in [1.807, 2.05) is 53.1 Å². The second-order valence-electron chi connectivity index (χ2n) is 8.87. The van der Waals surface area contributed by atoms with Crippen molar-refractivity contribution < 1.29 is 4.79 Å². The molecule has 0 saturated carbocycles. The van der Waals surface area contributed by atoms with Crippen molar-refractivity contribution in [2.24, 2.45) is 5.73 Å². The molecular formula is C27H26N4O. The number of hydrogen-bond acceptors (Lipinski definition) is 3. The van der Waals surface area contributed by atoms with Crippen LogP contribution in [0.2, 0.25) is 0 Å². The van der Waals surface area contributed by atoms with Gasteiger partial charge in [0.05, 0.1) is 11.2 Å². The molecule has 2 aliphatic rings. The molecular weight excluding hydrogens is 396 g/mol. The van der Waals surface area contributed by atoms with Crippen LogP contribution in [0.3, 0.4) is 0 Å². The average Bonchev–Trinajstić information content (AvgIpc) is 3.36. The molecule has 0 unspecified atom stereocenters. The molecule has 2 bridgehead atoms. The van der Waals surface area contributed by atoms with E-state index < -0.39 is 5.91 Å². The lowest BCUT2D eigenvalue weighted by atomic mass is 10.0. The third kappa shape index (κ3) is 3.09. The molecule has 5 nitrogen and oxygen atoms in total. The third-order valence-corrected chi connectivity index (χ3v) is 6.83. The summed E-state index contributed by atoms with van der Waals surface area (Å²) in [5.74, 6) is -0.396. The predicted molar refractivity (Wildman–Crippen MR) is 129 cm³/mol. The number of hydrogen-bond donors (Lipinski definition) is 2. The molecule has 160 valence electrons. The largest absolute Gasteiger partial charge is 0.366 e. The van der Waals surface area contributed by atoms with Gasteiger partial charge in [-0.2, -0.15) is 0 Å². The van der Waals surface area contributed by atoms with Crippen molar-refractivity contribution in [2.75, 3.05) is 18.0 Å². The summed E-state index contributed by atoms with van der Waals surface area (Å²) < 4.78 is 2.05. The molecule has 32 heavy (non-hydrogen) atoms. The normalized spacial score (nSPS) is 20.1. The third-order valence-electron chi connectivity index (χ3n) is 6.83. The van der Waals surface area contributed by atoms with Crippen LogP contribution in [-0.2, 0) is 0 Å². The van der Waals surface area contributed by atoms with Crippen molar-refractivity contribution in [3.63, 3.8) is 0 Å². The molecule has 0 aliphatic carbocycles. The molecule has 3 heterocycles. The van der Waals surface area contributed by atoms with E-state index in [2.05, 4.69) is 40.5 Å². The number of nitrogens with two attached hydrogens (primary N) is 1. The van der Waals surface area contributed by atoms with E-state index in [0.29, 0.717) is 17.8 Å². The van der Waals surface area contributed by atoms with Gasteiger partial charge < -0.3 is 20.5 Å². The molecule has 3 aromatic carbocycles. The number of anilines is 1. The first-order valence-electron chi connectivity index (χ1n) is 11.3. The summed E-state index contributed by atoms with van der Waals surface area (Å²) in [6.07, 6.45) is 2.37. The Morgan fingerprint density at radius 1 is 0.844 bits per heavy atom. The van der Waals surface area contributed by atoms with E-state index in [1.54, 1.807) is 0 Å². The van der Waals surface area contributed by atoms with Gasteiger partial charge in [-0.05, 0) is 42.2 Å². The quantitative estimate of drug-likeness (QED) is 0.514. The first kappa shape index (κ1) is 19.1. The summed E-state index contributed by atoms with van der Waals surface area (Å²) in [5.41, 5.74) is 11.8. The van der Waals surface area contributed by atoms with Crippen LogP contribution in [-0.4, -0.2) is 35.6 Å². The molecule has 0 radical (unpaired) electrons. The lowest BCUT2D eigenvalue weighted by Crippen LogP contribution is -2.51. The number of para-hydroxylation sites is 1. The highest BCUT2D eigenvalue weighted by atomic mass is 16.1. The van der Waals surface area contributed by atoms with Crippen LogP contribution in [0.4, 0.5) is 5.69 Å². The number of nitrogens with one attached hydrogen (secondary N) is 1. The Morgan fingerprint density at radius 2 is 1.50 bits per heavy atom. The maximum absolute atomic E-state index is 12.9. The van der Waals surface area contributed by atoms with Crippen molar-refractivity contribution in [1.82, 2.24) is 9.88 Å². The molecule has 2 fully saturated rings. The van der Waals surface area contributed by atoms with E-state index in [-0.39, 0.29) is 0 Å². The maximum Gasteiger partial charge on any atom is 0.267 e. The minimum Gasteiger partial charge on any atom is -0.366 e. The van der Waals surface area contributed by atoms with Crippen LogP contribution in [0.25, 0.3) is 27.7 Å². The van der Waals surface area contributed by atoms with Gasteiger partial charge in [0, 0.05) is 36.2 Å². The zero-order valence-electron chi connectivity index (χ0n) is 17.9. The van der Waals surface area contributed by atoms with Crippen molar-refractivity contribution in [1.29, 1.82) is 0 Å². The number of fused-ring (bicyclic) bond motifs is 3. The molecule has 2 atom stereocenters. The Kier molecular flexibility index (Phi) is 4.51. The number of carbonyl (C=O) groups excluding carboxylic acids is 1. The number of piperazine rings is 1. The van der Waals surface area contributed by atoms with E-state index in [1.165, 1.54) is 12.8 Å². The van der Waals surface area contributed by atoms with Gasteiger partial charge in [-0.25, -0.2) is 0 Å². The average molecular weight is 423 g/mol. The fourth-order valence-corrected chi connectivity index (χ4v) is 5.45. The van der Waals surface area contributed by atoms with Gasteiger partial charge in [-0.1, -0.05) is 60.7 Å². The molecule has 4 aromatic rings. The van der Waals surface area contributed by atoms with Crippen LogP contribution in [0.5, 0.6) is 0 Å². The van der Waals surface area contributed by atoms with E-state index >= 15 is 0 Å². The molecule has 3 N–H and O–H groups in total. The van der Waals surface area contributed by atoms with Gasteiger partial charge in [0.15, 0.2) is 0 Å². The smallest absolute Gasteiger partial charge is 0.267 e. The summed E-state index contributed by atoms with van der Waals surface area (Å²) in [4.78, 5) is 15.3. The monoisotopic (exact) mass is 422 g/mol. The number of rotatable bonds is 4. The van der Waals surface area contributed by atoms with Gasteiger partial charge in [-0.3, -0.25) is 4.79 Å². The standard InChI is InChI=1S/C27H26N4O/c28-27(32)26-25(30-16-20-12-13-21(17-30)29-20)23-14-11-19(18-7-3-1-4-8-18)15-24(23)31(26)22-9-5-2-6-10-22/h1-11,14-15,20-21,29H,12-13,16-17H2,(H2,28,32)/t20-,21+. The van der Waals surface area contributed by atoms with Crippen LogP contribution in [0, 0.1) is 0 Å². The van der Waals surface area contributed by atoms with Crippen LogP contribution < -0.4 is 16.0 Å². The van der Waals surface area contributed by atoms with Gasteiger partial charge in [0.2, 0.25) is 0 Å². The zero-order chi connectivity index (χ0) is 21.7. The van der Waals surface area contributed by atoms with E-state index in [0.717, 1.165) is 46.5 Å². The van der Waals surface area contributed by atoms with Gasteiger partial charge in [0.1, 0.15) is 5.69 Å². The van der Waals surface area contributed by atoms with Crippen molar-refractivity contribution in [3.8, 4) is 16.8 Å². The van der Waals surface area contributed by atoms with E-state index in [4.69, 9.17) is 5.73 Å². The number of benzene rings is 3. The number of carbonyl (C=O) groups is 1. The molecule has 0 spiro atoms. The SMILES string of the molecule is NC(=O)c1c(N2C[C@H]3CC[C@@H](C2)N3)c2ccc(-c3ccccc3)cc2n1-c1ccccc1. The van der Waals surface area contributed by atoms with Crippen LogP contribution >= 0.6 is 0 Å². The highest BCUT2D eigenvalue weighted by Gasteiger charge is 2.36. The fraction of sp³-hybridized carbons (Fsp3) is 0.222. The molecule has 5 heteroatoms. The Hall–Kier alpha value is -3.57. The topological polar surface area (TPSA) is 63.3 Å². The summed E-state index contributed by atoms with van der Waals surface area (Å²) in [7, 11) is 0. The molecule has 1 aromatic heterocycles. The minimum absolute atomic E-state index is 0.396. The summed E-state index contributed by atoms with van der Waals surface area (Å²) in [5, 5.41) is 4.76. The minimum atomic E-state index is -0.396. The second-order valence-corrected chi connectivity index (χ2v) is 8.87. The summed E-state index contributed by atoms with van der Waals surface area (Å²) >= 11 is 0. The maximum atomic E-state index is 12.9. The molecule has 6 rings (SSSR count). The Labute approximate surface area is 187 Å². The Balaban J connectivity index is 1.63.